The Kier molecular flexibility index (Phi) is 6.57. The quantitative estimate of drug-likeness (QED) is 0.160. The molecule has 6 heteroatoms. The molecule has 4 heterocycles. The van der Waals surface area contributed by atoms with Gasteiger partial charge in [0.25, 0.3) is 0 Å². The summed E-state index contributed by atoms with van der Waals surface area (Å²) in [6.07, 6.45) is 1.17. The van der Waals surface area contributed by atoms with Crippen LogP contribution in [0.25, 0.3) is 66.2 Å². The summed E-state index contributed by atoms with van der Waals surface area (Å²) in [5, 5.41) is 0.595. The lowest BCUT2D eigenvalue weighted by molar-refractivity contribution is 0.483. The smallest absolute Gasteiger partial charge is 0.137 e. The molecule has 3 aromatic heterocycles. The third-order valence-electron chi connectivity index (χ3n) is 13.0. The van der Waals surface area contributed by atoms with Crippen molar-refractivity contribution in [2.75, 3.05) is 16.5 Å². The fourth-order valence-corrected chi connectivity index (χ4v) is 9.48. The standard InChI is InChI=1S/C63H55N5O/c1-41-32-60(64-39-52(41)42-20-9-8-10-21-42)68-55-29-16-13-26-51(55)61-58(67-53-27-14-11-24-49(53)50-25-12-15-28-54(50)67)37-48(38-59(61)68)69-47-23-19-22-45(36-47)65-40-66(57-31-18-17-30-56(57)65)46-34-43(62(2,3)4)33-44(35-46)63(5,6)7/h8-39H,40H2,1-7H3/i1D3,8D,9D,10D,11D,12D,14D,15D,20D,21D,24D,25D,27D,28D. The second-order valence-electron chi connectivity index (χ2n) is 19.4. The average molecular weight is 914 g/mol. The molecule has 12 rings (SSSR count). The Bertz CT molecular complexity index is 4550. The number of para-hydroxylation sites is 5. The van der Waals surface area contributed by atoms with Gasteiger partial charge in [0.15, 0.2) is 0 Å². The topological polar surface area (TPSA) is 38.5 Å². The SMILES string of the molecule is [2H]c1c([2H])c([2H])c(-c2cnc(-n3c4ccccc4c4c(-n5c6c([2H])c([2H])c([2H])c([2H])c6c6c([2H])c([2H])c([2H])c([2H])c65)cc(Oc5cccc(N6CN(c7cc(C(C)(C)C)cc(C(C)(C)C)c7)c7ccccc76)c5)cc43)cc2C([2H])([2H])[2H])c([2H])c1[2H]. The first-order valence-electron chi connectivity index (χ1n) is 30.7. The van der Waals surface area contributed by atoms with Crippen molar-refractivity contribution in [1.29, 1.82) is 0 Å². The third-order valence-corrected chi connectivity index (χ3v) is 13.0. The summed E-state index contributed by atoms with van der Waals surface area (Å²) >= 11 is 0. The monoisotopic (exact) mass is 914 g/mol. The molecule has 0 radical (unpaired) electrons. The first kappa shape index (κ1) is 28.3. The Morgan fingerprint density at radius 3 is 1.84 bits per heavy atom. The van der Waals surface area contributed by atoms with Crippen LogP contribution in [0.2, 0.25) is 0 Å². The molecule has 69 heavy (non-hydrogen) atoms. The van der Waals surface area contributed by atoms with Gasteiger partial charge in [-0.25, -0.2) is 4.98 Å². The van der Waals surface area contributed by atoms with Crippen molar-refractivity contribution in [2.45, 2.75) is 59.2 Å². The predicted molar refractivity (Wildman–Crippen MR) is 289 cm³/mol. The van der Waals surface area contributed by atoms with E-state index in [1.165, 1.54) is 28.0 Å². The maximum absolute atomic E-state index is 9.49. The van der Waals surface area contributed by atoms with E-state index in [1.54, 1.807) is 47.0 Å². The van der Waals surface area contributed by atoms with Crippen LogP contribution in [-0.4, -0.2) is 20.8 Å². The van der Waals surface area contributed by atoms with Crippen molar-refractivity contribution < 1.29 is 26.7 Å². The Labute approximate surface area is 426 Å². The summed E-state index contributed by atoms with van der Waals surface area (Å²) in [4.78, 5) is 9.28. The molecule has 0 saturated carbocycles. The number of hydrogen-bond acceptors (Lipinski definition) is 4. The number of fused-ring (bicyclic) bond motifs is 7. The van der Waals surface area contributed by atoms with Crippen LogP contribution in [-0.2, 0) is 10.8 Å². The fourth-order valence-electron chi connectivity index (χ4n) is 9.48. The van der Waals surface area contributed by atoms with Gasteiger partial charge in [0.2, 0.25) is 0 Å². The summed E-state index contributed by atoms with van der Waals surface area (Å²) in [7, 11) is 0. The first-order chi connectivity index (χ1) is 40.0. The zero-order chi connectivity index (χ0) is 61.0. The van der Waals surface area contributed by atoms with E-state index in [0.717, 1.165) is 22.7 Å². The van der Waals surface area contributed by atoms with E-state index in [-0.39, 0.29) is 66.6 Å². The lowest BCUT2D eigenvalue weighted by atomic mass is 9.80. The van der Waals surface area contributed by atoms with Crippen molar-refractivity contribution in [2.24, 2.45) is 0 Å². The molecule has 0 atom stereocenters. The van der Waals surface area contributed by atoms with Crippen LogP contribution in [0.5, 0.6) is 11.5 Å². The summed E-state index contributed by atoms with van der Waals surface area (Å²) in [6, 6.07) is 26.4. The minimum Gasteiger partial charge on any atom is -0.457 e. The molecule has 0 saturated heterocycles. The highest BCUT2D eigenvalue weighted by atomic mass is 16.5. The molecule has 0 aliphatic carbocycles. The van der Waals surface area contributed by atoms with Crippen LogP contribution >= 0.6 is 0 Å². The number of rotatable bonds is 7. The van der Waals surface area contributed by atoms with Gasteiger partial charge >= 0.3 is 0 Å². The highest BCUT2D eigenvalue weighted by Gasteiger charge is 2.31. The van der Waals surface area contributed by atoms with Gasteiger partial charge in [0, 0.05) is 67.0 Å². The molecule has 11 aromatic rings. The van der Waals surface area contributed by atoms with Gasteiger partial charge in [0.05, 0.1) is 56.9 Å². The lowest BCUT2D eigenvalue weighted by Crippen LogP contribution is -2.25. The van der Waals surface area contributed by atoms with Crippen LogP contribution in [0.1, 0.15) is 80.2 Å². The molecular formula is C63H55N5O. The Morgan fingerprint density at radius 1 is 0.522 bits per heavy atom. The van der Waals surface area contributed by atoms with Crippen molar-refractivity contribution in [3.8, 4) is 34.1 Å². The number of aromatic nitrogens is 3. The minimum atomic E-state index is -2.94. The Balaban J connectivity index is 1.11. The van der Waals surface area contributed by atoms with E-state index in [0.29, 0.717) is 34.2 Å². The van der Waals surface area contributed by atoms with E-state index < -0.39 is 85.4 Å². The molecule has 1 aliphatic heterocycles. The van der Waals surface area contributed by atoms with Crippen molar-refractivity contribution in [3.05, 3.63) is 211 Å². The third kappa shape index (κ3) is 7.21. The molecule has 0 amide bonds. The molecule has 0 fully saturated rings. The van der Waals surface area contributed by atoms with Crippen molar-refractivity contribution in [3.63, 3.8) is 0 Å². The van der Waals surface area contributed by atoms with E-state index >= 15 is 0 Å². The van der Waals surface area contributed by atoms with Gasteiger partial charge in [-0.3, -0.25) is 4.57 Å². The number of ether oxygens (including phenoxy) is 1. The number of nitrogens with zero attached hydrogens (tertiary/aromatic N) is 5. The molecule has 0 spiro atoms. The molecular weight excluding hydrogens is 843 g/mol. The average Bonchev–Trinajstić information content (AvgIpc) is 1.63. The van der Waals surface area contributed by atoms with Crippen LogP contribution < -0.4 is 14.5 Å². The van der Waals surface area contributed by atoms with Gasteiger partial charge in [-0.15, -0.1) is 0 Å². The Hall–Kier alpha value is -8.09. The summed E-state index contributed by atoms with van der Waals surface area (Å²) in [5.74, 6) is 0.525. The van der Waals surface area contributed by atoms with Gasteiger partial charge in [-0.2, -0.15) is 0 Å². The van der Waals surface area contributed by atoms with Crippen LogP contribution in [0.15, 0.2) is 194 Å². The van der Waals surface area contributed by atoms with Crippen LogP contribution in [0.4, 0.5) is 22.7 Å². The van der Waals surface area contributed by atoms with E-state index in [4.69, 9.17) is 26.2 Å². The molecule has 1 aliphatic rings. The normalized spacial score (nSPS) is 16.5. The number of hydrogen-bond donors (Lipinski definition) is 0. The second-order valence-corrected chi connectivity index (χ2v) is 19.4. The minimum absolute atomic E-state index is 0.0181. The zero-order valence-corrected chi connectivity index (χ0v) is 38.8. The largest absolute Gasteiger partial charge is 0.457 e. The maximum atomic E-state index is 9.49. The van der Waals surface area contributed by atoms with Crippen LogP contribution in [0, 0.1) is 6.85 Å². The molecule has 8 aromatic carbocycles. The van der Waals surface area contributed by atoms with Gasteiger partial charge in [0.1, 0.15) is 24.0 Å². The molecule has 0 bridgehead atoms. The highest BCUT2D eigenvalue weighted by molar-refractivity contribution is 6.16. The van der Waals surface area contributed by atoms with Gasteiger partial charge in [-0.1, -0.05) is 150 Å². The molecule has 338 valence electrons. The fraction of sp³-hybridized carbons (Fsp3) is 0.159. The van der Waals surface area contributed by atoms with E-state index in [2.05, 4.69) is 81.7 Å². The van der Waals surface area contributed by atoms with E-state index in [1.807, 2.05) is 30.3 Å². The van der Waals surface area contributed by atoms with E-state index in [9.17, 15) is 5.48 Å². The second kappa shape index (κ2) is 16.0. The lowest BCUT2D eigenvalue weighted by Gasteiger charge is -2.29. The van der Waals surface area contributed by atoms with Crippen molar-refractivity contribution in [1.82, 2.24) is 14.1 Å². The first-order valence-corrected chi connectivity index (χ1v) is 22.7. The van der Waals surface area contributed by atoms with Crippen LogP contribution in [0.3, 0.4) is 0 Å². The summed E-state index contributed by atoms with van der Waals surface area (Å²) < 4.78 is 152. The summed E-state index contributed by atoms with van der Waals surface area (Å²) in [5.41, 5.74) is 5.61. The molecule has 6 nitrogen and oxygen atoms in total. The van der Waals surface area contributed by atoms with Gasteiger partial charge in [-0.05, 0) is 101 Å². The van der Waals surface area contributed by atoms with Gasteiger partial charge < -0.3 is 19.1 Å². The molecule has 0 unspecified atom stereocenters. The predicted octanol–water partition coefficient (Wildman–Crippen LogP) is 16.9. The number of aryl methyl sites for hydroxylation is 1. The zero-order valence-electron chi connectivity index (χ0n) is 54.8. The highest BCUT2D eigenvalue weighted by Crippen LogP contribution is 2.48. The van der Waals surface area contributed by atoms with Crippen molar-refractivity contribution >= 4 is 66.4 Å². The maximum Gasteiger partial charge on any atom is 0.137 e. The summed E-state index contributed by atoms with van der Waals surface area (Å²) in [6.45, 7) is 10.8. The number of benzene rings is 8. The number of pyridine rings is 1. The molecule has 0 N–H and O–H groups in total. The number of anilines is 4. The Morgan fingerprint density at radius 2 is 1.16 bits per heavy atom.